The first kappa shape index (κ1) is 25.7. The number of aliphatic imine (C=N–C) groups is 1. The number of benzene rings is 2. The van der Waals surface area contributed by atoms with Crippen LogP contribution in [0.4, 0.5) is 0 Å². The third kappa shape index (κ3) is 5.96. The Morgan fingerprint density at radius 3 is 2.55 bits per heavy atom. The number of carbonyl (C=O) groups excluding carboxylic acids is 2. The Labute approximate surface area is 225 Å². The van der Waals surface area contributed by atoms with Crippen molar-refractivity contribution in [2.75, 3.05) is 26.3 Å². The second kappa shape index (κ2) is 11.6. The molecule has 3 aliphatic heterocycles. The van der Waals surface area contributed by atoms with Gasteiger partial charge in [-0.15, -0.1) is 0 Å². The highest BCUT2D eigenvalue weighted by atomic mass is 32.2. The molecule has 1 fully saturated rings. The molecular formula is C28H29N5O4S. The lowest BCUT2D eigenvalue weighted by Crippen LogP contribution is -2.36. The number of aryl methyl sites for hydroxylation is 1. The molecule has 1 saturated heterocycles. The molecule has 0 unspecified atom stereocenters. The second-order valence-corrected chi connectivity index (χ2v) is 10.2. The molecule has 2 aromatic carbocycles. The standard InChI is InChI=1S/C28H29N5O4S/c1-19-7-3-4-8-23(19)37-16-15-36-21-11-9-20(10-12-21)17-22-26(29)33-28(30-27(22)35)38-24(31-33)18-25(34)32-13-5-2-6-14-32/h3-4,7-12,17,29H,2,5-6,13-16,18H2,1H3. The lowest BCUT2D eigenvalue weighted by Gasteiger charge is -2.26. The molecule has 0 bridgehead atoms. The van der Waals surface area contributed by atoms with Crippen LogP contribution in [0.2, 0.25) is 0 Å². The van der Waals surface area contributed by atoms with Crippen LogP contribution in [0, 0.1) is 12.3 Å². The summed E-state index contributed by atoms with van der Waals surface area (Å²) in [5.41, 5.74) is 1.95. The van der Waals surface area contributed by atoms with Gasteiger partial charge in [-0.1, -0.05) is 30.3 Å². The highest BCUT2D eigenvalue weighted by Crippen LogP contribution is 2.30. The number of amides is 2. The maximum Gasteiger partial charge on any atom is 0.283 e. The molecule has 1 N–H and O–H groups in total. The van der Waals surface area contributed by atoms with Crippen LogP contribution < -0.4 is 9.47 Å². The molecule has 10 heteroatoms. The van der Waals surface area contributed by atoms with E-state index in [-0.39, 0.29) is 23.7 Å². The Hall–Kier alpha value is -3.92. The van der Waals surface area contributed by atoms with Crippen molar-refractivity contribution in [3.05, 3.63) is 65.2 Å². The minimum absolute atomic E-state index is 0.0223. The summed E-state index contributed by atoms with van der Waals surface area (Å²) in [6, 6.07) is 15.1. The summed E-state index contributed by atoms with van der Waals surface area (Å²) in [5, 5.41) is 15.2. The number of hydrogen-bond acceptors (Lipinski definition) is 7. The third-order valence-electron chi connectivity index (χ3n) is 6.40. The first-order valence-electron chi connectivity index (χ1n) is 12.7. The Balaban J connectivity index is 1.18. The van der Waals surface area contributed by atoms with Crippen LogP contribution in [0.15, 0.2) is 64.2 Å². The van der Waals surface area contributed by atoms with E-state index in [1.807, 2.05) is 48.2 Å². The molecule has 0 saturated carbocycles. The van der Waals surface area contributed by atoms with E-state index >= 15 is 0 Å². The van der Waals surface area contributed by atoms with E-state index in [2.05, 4.69) is 10.1 Å². The van der Waals surface area contributed by atoms with Crippen molar-refractivity contribution in [2.24, 2.45) is 10.1 Å². The Bertz CT molecular complexity index is 1330. The predicted molar refractivity (Wildman–Crippen MR) is 149 cm³/mol. The maximum atomic E-state index is 12.7. The molecule has 0 atom stereocenters. The molecule has 5 rings (SSSR count). The minimum atomic E-state index is -0.499. The van der Waals surface area contributed by atoms with E-state index in [4.69, 9.17) is 14.9 Å². The molecule has 2 aromatic rings. The number of thioether (sulfide) groups is 1. The average Bonchev–Trinajstić information content (AvgIpc) is 3.33. The van der Waals surface area contributed by atoms with Crippen molar-refractivity contribution in [2.45, 2.75) is 32.6 Å². The number of carbonyl (C=O) groups is 2. The van der Waals surface area contributed by atoms with Gasteiger partial charge in [0.1, 0.15) is 29.8 Å². The van der Waals surface area contributed by atoms with Gasteiger partial charge in [-0.25, -0.2) is 0 Å². The number of piperidine rings is 1. The summed E-state index contributed by atoms with van der Waals surface area (Å²) < 4.78 is 11.5. The zero-order valence-electron chi connectivity index (χ0n) is 21.2. The van der Waals surface area contributed by atoms with Crippen LogP contribution in [0.3, 0.4) is 0 Å². The molecule has 3 aliphatic rings. The fourth-order valence-electron chi connectivity index (χ4n) is 4.34. The highest BCUT2D eigenvalue weighted by Gasteiger charge is 2.36. The zero-order valence-corrected chi connectivity index (χ0v) is 22.0. The number of likely N-dealkylation sites (tertiary alicyclic amines) is 1. The van der Waals surface area contributed by atoms with Gasteiger partial charge in [-0.3, -0.25) is 15.0 Å². The van der Waals surface area contributed by atoms with Crippen LogP contribution in [0.25, 0.3) is 6.08 Å². The van der Waals surface area contributed by atoms with Gasteiger partial charge >= 0.3 is 0 Å². The van der Waals surface area contributed by atoms with Crippen LogP contribution in [0.1, 0.15) is 36.8 Å². The molecule has 2 amide bonds. The summed E-state index contributed by atoms with van der Waals surface area (Å²) in [4.78, 5) is 31.3. The molecule has 0 spiro atoms. The number of nitrogens with zero attached hydrogens (tertiary/aromatic N) is 4. The van der Waals surface area contributed by atoms with Gasteiger partial charge in [0.15, 0.2) is 5.84 Å². The molecule has 9 nitrogen and oxygen atoms in total. The number of hydrazone groups is 1. The third-order valence-corrected chi connectivity index (χ3v) is 7.31. The predicted octanol–water partition coefficient (Wildman–Crippen LogP) is 4.47. The average molecular weight is 532 g/mol. The van der Waals surface area contributed by atoms with Crippen LogP contribution >= 0.6 is 11.8 Å². The number of hydrogen-bond donors (Lipinski definition) is 1. The van der Waals surface area contributed by atoms with Crippen LogP contribution in [-0.2, 0) is 9.59 Å². The number of fused-ring (bicyclic) bond motifs is 1. The van der Waals surface area contributed by atoms with E-state index in [1.54, 1.807) is 18.2 Å². The summed E-state index contributed by atoms with van der Waals surface area (Å²) in [7, 11) is 0. The number of nitrogens with one attached hydrogen (secondary N) is 1. The Morgan fingerprint density at radius 2 is 1.79 bits per heavy atom. The molecule has 0 radical (unpaired) electrons. The van der Waals surface area contributed by atoms with Crippen molar-refractivity contribution >= 4 is 45.7 Å². The molecule has 3 heterocycles. The first-order valence-corrected chi connectivity index (χ1v) is 13.5. The smallest absolute Gasteiger partial charge is 0.283 e. The van der Waals surface area contributed by atoms with E-state index in [9.17, 15) is 9.59 Å². The lowest BCUT2D eigenvalue weighted by atomic mass is 10.1. The topological polar surface area (TPSA) is 108 Å². The molecule has 0 aromatic heterocycles. The number of para-hydroxylation sites is 1. The maximum absolute atomic E-state index is 12.7. The van der Waals surface area contributed by atoms with Crippen molar-refractivity contribution < 1.29 is 19.1 Å². The van der Waals surface area contributed by atoms with Crippen LogP contribution in [-0.4, -0.2) is 64.1 Å². The van der Waals surface area contributed by atoms with Crippen molar-refractivity contribution in [1.29, 1.82) is 5.41 Å². The SMILES string of the molecule is Cc1ccccc1OCCOc1ccc(C=C2C(=N)N3N=C(CC(=O)N4CCCCC4)SC3=NC2=O)cc1. The summed E-state index contributed by atoms with van der Waals surface area (Å²) in [6.07, 6.45) is 4.96. The molecule has 38 heavy (non-hydrogen) atoms. The summed E-state index contributed by atoms with van der Waals surface area (Å²) in [5.74, 6) is 0.983. The van der Waals surface area contributed by atoms with Crippen molar-refractivity contribution in [1.82, 2.24) is 9.91 Å². The fourth-order valence-corrected chi connectivity index (χ4v) is 5.22. The largest absolute Gasteiger partial charge is 0.490 e. The van der Waals surface area contributed by atoms with Crippen molar-refractivity contribution in [3.8, 4) is 11.5 Å². The van der Waals surface area contributed by atoms with Gasteiger partial charge in [0.25, 0.3) is 5.91 Å². The molecular weight excluding hydrogens is 502 g/mol. The van der Waals surface area contributed by atoms with Gasteiger partial charge in [0, 0.05) is 13.1 Å². The summed E-state index contributed by atoms with van der Waals surface area (Å²) in [6.45, 7) is 4.35. The van der Waals surface area contributed by atoms with Gasteiger partial charge in [-0.05, 0) is 73.4 Å². The lowest BCUT2D eigenvalue weighted by molar-refractivity contribution is -0.130. The van der Waals surface area contributed by atoms with Gasteiger partial charge < -0.3 is 14.4 Å². The van der Waals surface area contributed by atoms with Gasteiger partial charge in [0.2, 0.25) is 11.1 Å². The normalized spacial score (nSPS) is 18.3. The quantitative estimate of drug-likeness (QED) is 0.398. The second-order valence-electron chi connectivity index (χ2n) is 9.16. The summed E-state index contributed by atoms with van der Waals surface area (Å²) >= 11 is 1.18. The number of ether oxygens (including phenoxy) is 2. The first-order chi connectivity index (χ1) is 18.5. The monoisotopic (exact) mass is 531 g/mol. The Morgan fingerprint density at radius 1 is 1.05 bits per heavy atom. The van der Waals surface area contributed by atoms with E-state index in [0.717, 1.165) is 49.2 Å². The number of amidine groups is 2. The van der Waals surface area contributed by atoms with Crippen LogP contribution in [0.5, 0.6) is 11.5 Å². The van der Waals surface area contributed by atoms with E-state index in [0.29, 0.717) is 29.2 Å². The van der Waals surface area contributed by atoms with E-state index < -0.39 is 5.91 Å². The number of rotatable bonds is 8. The van der Waals surface area contributed by atoms with Gasteiger partial charge in [-0.2, -0.15) is 15.1 Å². The van der Waals surface area contributed by atoms with Gasteiger partial charge in [0.05, 0.1) is 12.0 Å². The van der Waals surface area contributed by atoms with E-state index in [1.165, 1.54) is 16.8 Å². The zero-order chi connectivity index (χ0) is 26.5. The highest BCUT2D eigenvalue weighted by molar-refractivity contribution is 8.27. The minimum Gasteiger partial charge on any atom is -0.490 e. The fraction of sp³-hybridized carbons (Fsp3) is 0.321. The van der Waals surface area contributed by atoms with Crippen molar-refractivity contribution in [3.63, 3.8) is 0 Å². The Kier molecular flexibility index (Phi) is 7.88. The molecule has 196 valence electrons. The molecule has 0 aliphatic carbocycles.